The van der Waals surface area contributed by atoms with Gasteiger partial charge < -0.3 is 44.6 Å². The number of nitrogens with two attached hydrogens (primary N) is 2. The highest BCUT2D eigenvalue weighted by Crippen LogP contribution is 2.30. The minimum Gasteiger partial charge on any atom is -0.487 e. The van der Waals surface area contributed by atoms with Gasteiger partial charge in [0.1, 0.15) is 26.4 Å². The van der Waals surface area contributed by atoms with Crippen LogP contribution in [0.3, 0.4) is 0 Å². The van der Waals surface area contributed by atoms with Crippen LogP contribution < -0.4 is 30.4 Å². The average molecular weight is 507 g/mol. The molecule has 0 aromatic heterocycles. The molecular formula is C22H32Cl2N2O7. The maximum Gasteiger partial charge on any atom is 0.163 e. The van der Waals surface area contributed by atoms with Crippen LogP contribution in [0.5, 0.6) is 23.0 Å². The van der Waals surface area contributed by atoms with E-state index in [4.69, 9.17) is 44.6 Å². The summed E-state index contributed by atoms with van der Waals surface area (Å²) < 4.78 is 39.7. The summed E-state index contributed by atoms with van der Waals surface area (Å²) >= 11 is 0. The fraction of sp³-hybridized carbons (Fsp3) is 0.455. The van der Waals surface area contributed by atoms with Crippen LogP contribution in [0.1, 0.15) is 0 Å². The molecule has 0 spiro atoms. The Kier molecular flexibility index (Phi) is 14.2. The summed E-state index contributed by atoms with van der Waals surface area (Å²) in [4.78, 5) is 0. The molecule has 1 aliphatic rings. The number of fused-ring (bicyclic) bond motifs is 2. The second kappa shape index (κ2) is 16.3. The van der Waals surface area contributed by atoms with Gasteiger partial charge in [0.15, 0.2) is 23.0 Å². The monoisotopic (exact) mass is 506 g/mol. The van der Waals surface area contributed by atoms with E-state index in [-0.39, 0.29) is 24.8 Å². The zero-order chi connectivity index (χ0) is 21.7. The lowest BCUT2D eigenvalue weighted by molar-refractivity contribution is 0.0268. The zero-order valence-electron chi connectivity index (χ0n) is 18.4. The van der Waals surface area contributed by atoms with E-state index in [2.05, 4.69) is 0 Å². The lowest BCUT2D eigenvalue weighted by Gasteiger charge is -2.14. The third-order valence-electron chi connectivity index (χ3n) is 4.25. The van der Waals surface area contributed by atoms with Crippen molar-refractivity contribution in [2.75, 3.05) is 77.5 Å². The smallest absolute Gasteiger partial charge is 0.163 e. The van der Waals surface area contributed by atoms with Crippen molar-refractivity contribution in [3.05, 3.63) is 36.4 Å². The summed E-state index contributed by atoms with van der Waals surface area (Å²) in [5.74, 6) is 2.34. The van der Waals surface area contributed by atoms with Crippen LogP contribution in [0, 0.1) is 0 Å². The van der Waals surface area contributed by atoms with Crippen molar-refractivity contribution >= 4 is 36.2 Å². The molecule has 0 radical (unpaired) electrons. The second-order valence-corrected chi connectivity index (χ2v) is 6.64. The van der Waals surface area contributed by atoms with Crippen LogP contribution in [0.4, 0.5) is 11.4 Å². The summed E-state index contributed by atoms with van der Waals surface area (Å²) in [5.41, 5.74) is 12.9. The third-order valence-corrected chi connectivity index (χ3v) is 4.25. The highest BCUT2D eigenvalue weighted by atomic mass is 35.5. The van der Waals surface area contributed by atoms with Crippen molar-refractivity contribution in [3.8, 4) is 23.0 Å². The first kappa shape index (κ1) is 28.7. The van der Waals surface area contributed by atoms with Crippen LogP contribution in [0.15, 0.2) is 36.4 Å². The molecule has 33 heavy (non-hydrogen) atoms. The van der Waals surface area contributed by atoms with Crippen molar-refractivity contribution < 1.29 is 33.2 Å². The van der Waals surface area contributed by atoms with Gasteiger partial charge in [-0.1, -0.05) is 0 Å². The molecular weight excluding hydrogens is 475 g/mol. The summed E-state index contributed by atoms with van der Waals surface area (Å²) in [7, 11) is 0. The lowest BCUT2D eigenvalue weighted by Crippen LogP contribution is -2.14. The van der Waals surface area contributed by atoms with Crippen molar-refractivity contribution in [2.24, 2.45) is 0 Å². The molecule has 3 rings (SSSR count). The average Bonchev–Trinajstić information content (AvgIpc) is 2.76. The Morgan fingerprint density at radius 2 is 0.727 bits per heavy atom. The topological polar surface area (TPSA) is 117 Å². The largest absolute Gasteiger partial charge is 0.487 e. The Hall–Kier alpha value is -2.30. The second-order valence-electron chi connectivity index (χ2n) is 6.64. The first-order valence-corrected chi connectivity index (χ1v) is 10.3. The van der Waals surface area contributed by atoms with Crippen LogP contribution in [0.2, 0.25) is 0 Å². The number of ether oxygens (including phenoxy) is 7. The minimum absolute atomic E-state index is 0. The van der Waals surface area contributed by atoms with E-state index < -0.39 is 0 Å². The van der Waals surface area contributed by atoms with E-state index in [1.165, 1.54) is 0 Å². The van der Waals surface area contributed by atoms with E-state index in [9.17, 15) is 0 Å². The molecule has 9 nitrogen and oxygen atoms in total. The first-order chi connectivity index (χ1) is 15.2. The molecule has 0 saturated heterocycles. The summed E-state index contributed by atoms with van der Waals surface area (Å²) in [6, 6.07) is 10.5. The van der Waals surface area contributed by atoms with Gasteiger partial charge in [-0.2, -0.15) is 0 Å². The first-order valence-electron chi connectivity index (χ1n) is 10.3. The van der Waals surface area contributed by atoms with Gasteiger partial charge >= 0.3 is 0 Å². The predicted octanol–water partition coefficient (Wildman–Crippen LogP) is 2.97. The quantitative estimate of drug-likeness (QED) is 0.519. The molecule has 0 aliphatic carbocycles. The molecule has 4 N–H and O–H groups in total. The molecule has 2 aromatic rings. The molecule has 0 unspecified atom stereocenters. The Balaban J connectivity index is 0.00000272. The maximum absolute atomic E-state index is 5.86. The number of rotatable bonds is 0. The van der Waals surface area contributed by atoms with E-state index >= 15 is 0 Å². The van der Waals surface area contributed by atoms with Crippen molar-refractivity contribution in [2.45, 2.75) is 0 Å². The molecule has 0 saturated carbocycles. The van der Waals surface area contributed by atoms with Gasteiger partial charge in [-0.15, -0.1) is 24.8 Å². The normalized spacial score (nSPS) is 16.2. The number of hydrogen-bond donors (Lipinski definition) is 2. The molecule has 2 aromatic carbocycles. The van der Waals surface area contributed by atoms with Gasteiger partial charge in [0.2, 0.25) is 0 Å². The third kappa shape index (κ3) is 10.4. The molecule has 0 bridgehead atoms. The van der Waals surface area contributed by atoms with Gasteiger partial charge in [-0.25, -0.2) is 0 Å². The molecule has 0 fully saturated rings. The standard InChI is InChI=1S/C22H30N2O7.2ClH/c23-17-1-3-19-21(15-17)30-13-9-27-10-14-31-22-16-18(24)2-4-20(22)29-12-8-26-6-5-25-7-11-28-19;;/h1-4,15-16H,5-14,23-24H2;2*1H. The number of benzene rings is 2. The minimum atomic E-state index is 0. The molecule has 186 valence electrons. The summed E-state index contributed by atoms with van der Waals surface area (Å²) in [6.45, 7) is 4.02. The lowest BCUT2D eigenvalue weighted by atomic mass is 10.3. The van der Waals surface area contributed by atoms with Crippen LogP contribution in [0.25, 0.3) is 0 Å². The van der Waals surface area contributed by atoms with Crippen molar-refractivity contribution in [3.63, 3.8) is 0 Å². The fourth-order valence-corrected chi connectivity index (χ4v) is 2.78. The SMILES string of the molecule is Cl.Cl.Nc1ccc2c(c1)OCCOCCOc1cc(N)ccc1OCCOCCOCCO2. The number of hydrogen-bond acceptors (Lipinski definition) is 9. The fourth-order valence-electron chi connectivity index (χ4n) is 2.78. The van der Waals surface area contributed by atoms with E-state index in [0.29, 0.717) is 100 Å². The molecule has 1 aliphatic heterocycles. The number of halogens is 2. The Labute approximate surface area is 206 Å². The van der Waals surface area contributed by atoms with Gasteiger partial charge in [0.25, 0.3) is 0 Å². The van der Waals surface area contributed by atoms with Crippen LogP contribution >= 0.6 is 24.8 Å². The van der Waals surface area contributed by atoms with Crippen molar-refractivity contribution in [1.82, 2.24) is 0 Å². The number of anilines is 2. The van der Waals surface area contributed by atoms with Gasteiger partial charge in [0, 0.05) is 23.5 Å². The van der Waals surface area contributed by atoms with E-state index in [1.807, 2.05) is 0 Å². The molecule has 11 heteroatoms. The molecule has 0 amide bonds. The highest BCUT2D eigenvalue weighted by molar-refractivity contribution is 5.85. The maximum atomic E-state index is 5.86. The zero-order valence-corrected chi connectivity index (χ0v) is 20.0. The molecule has 1 heterocycles. The van der Waals surface area contributed by atoms with Gasteiger partial charge in [0.05, 0.1) is 39.6 Å². The Morgan fingerprint density at radius 3 is 1.09 bits per heavy atom. The molecule has 0 atom stereocenters. The van der Waals surface area contributed by atoms with Gasteiger partial charge in [-0.3, -0.25) is 0 Å². The van der Waals surface area contributed by atoms with E-state index in [0.717, 1.165) is 0 Å². The number of nitrogen functional groups attached to an aromatic ring is 2. The van der Waals surface area contributed by atoms with Crippen molar-refractivity contribution in [1.29, 1.82) is 0 Å². The van der Waals surface area contributed by atoms with E-state index in [1.54, 1.807) is 36.4 Å². The van der Waals surface area contributed by atoms with Gasteiger partial charge in [-0.05, 0) is 24.3 Å². The Morgan fingerprint density at radius 1 is 0.424 bits per heavy atom. The Bertz CT molecular complexity index is 749. The van der Waals surface area contributed by atoms with Crippen LogP contribution in [-0.2, 0) is 14.2 Å². The summed E-state index contributed by atoms with van der Waals surface area (Å²) in [6.07, 6.45) is 0. The summed E-state index contributed by atoms with van der Waals surface area (Å²) in [5, 5.41) is 0. The van der Waals surface area contributed by atoms with Crippen LogP contribution in [-0.4, -0.2) is 66.1 Å². The predicted molar refractivity (Wildman–Crippen MR) is 131 cm³/mol. The highest BCUT2D eigenvalue weighted by Gasteiger charge is 2.08.